The van der Waals surface area contributed by atoms with Crippen LogP contribution in [0, 0.1) is 6.92 Å². The Morgan fingerprint density at radius 2 is 1.85 bits per heavy atom. The summed E-state index contributed by atoms with van der Waals surface area (Å²) in [6, 6.07) is 11.8. The Labute approximate surface area is 149 Å². The number of fused-ring (bicyclic) bond motifs is 1. The Morgan fingerprint density at radius 1 is 1.12 bits per heavy atom. The number of rotatable bonds is 3. The molecule has 0 aliphatic carbocycles. The van der Waals surface area contributed by atoms with E-state index in [1.54, 1.807) is 18.2 Å². The molecular weight excluding hydrogens is 356 g/mol. The highest BCUT2D eigenvalue weighted by Gasteiger charge is 2.20. The minimum absolute atomic E-state index is 0.0790. The molecule has 3 rings (SSSR count). The molecule has 0 spiro atoms. The van der Waals surface area contributed by atoms with Gasteiger partial charge in [0.05, 0.1) is 5.56 Å². The van der Waals surface area contributed by atoms with Crippen molar-refractivity contribution in [2.24, 2.45) is 0 Å². The van der Waals surface area contributed by atoms with Crippen LogP contribution in [0.1, 0.15) is 15.9 Å². The van der Waals surface area contributed by atoms with Gasteiger partial charge >= 0.3 is 0 Å². The average molecular weight is 372 g/mol. The van der Waals surface area contributed by atoms with Crippen molar-refractivity contribution in [3.05, 3.63) is 59.7 Å². The van der Waals surface area contributed by atoms with Crippen LogP contribution in [0.15, 0.2) is 53.4 Å². The molecule has 0 aromatic heterocycles. The predicted octanol–water partition coefficient (Wildman–Crippen LogP) is 2.94. The minimum atomic E-state index is -4.55. The van der Waals surface area contributed by atoms with E-state index in [1.807, 2.05) is 6.92 Å². The van der Waals surface area contributed by atoms with Gasteiger partial charge in [-0.3, -0.25) is 9.35 Å². The van der Waals surface area contributed by atoms with E-state index in [0.29, 0.717) is 5.69 Å². The monoisotopic (exact) mass is 372 g/mol. The van der Waals surface area contributed by atoms with E-state index in [9.17, 15) is 22.9 Å². The van der Waals surface area contributed by atoms with Gasteiger partial charge in [0, 0.05) is 22.1 Å². The molecule has 0 fully saturated rings. The molecule has 0 saturated carbocycles. The Morgan fingerprint density at radius 3 is 2.50 bits per heavy atom. The molecule has 7 nitrogen and oxygen atoms in total. The van der Waals surface area contributed by atoms with Crippen LogP contribution in [0.25, 0.3) is 10.8 Å². The maximum absolute atomic E-state index is 12.5. The third-order valence-electron chi connectivity index (χ3n) is 3.96. The van der Waals surface area contributed by atoms with Crippen LogP contribution in [-0.4, -0.2) is 24.0 Å². The molecule has 0 radical (unpaired) electrons. The second kappa shape index (κ2) is 6.32. The van der Waals surface area contributed by atoms with Crippen LogP contribution < -0.4 is 11.1 Å². The number of amides is 1. The van der Waals surface area contributed by atoms with Gasteiger partial charge in [-0.25, -0.2) is 0 Å². The van der Waals surface area contributed by atoms with E-state index in [1.165, 1.54) is 24.3 Å². The summed E-state index contributed by atoms with van der Waals surface area (Å²) in [5, 5.41) is 12.9. The normalized spacial score (nSPS) is 11.5. The number of nitrogens with two attached hydrogens (primary N) is 1. The van der Waals surface area contributed by atoms with Crippen molar-refractivity contribution in [1.82, 2.24) is 0 Å². The lowest BCUT2D eigenvalue weighted by atomic mass is 10.1. The van der Waals surface area contributed by atoms with Crippen molar-refractivity contribution in [3.63, 3.8) is 0 Å². The Balaban J connectivity index is 2.12. The van der Waals surface area contributed by atoms with Crippen LogP contribution in [0.2, 0.25) is 0 Å². The molecule has 0 bridgehead atoms. The zero-order chi connectivity index (χ0) is 19.1. The molecule has 5 N–H and O–H groups in total. The summed E-state index contributed by atoms with van der Waals surface area (Å²) >= 11 is 0. The van der Waals surface area contributed by atoms with Gasteiger partial charge in [0.15, 0.2) is 0 Å². The van der Waals surface area contributed by atoms with E-state index in [-0.39, 0.29) is 27.8 Å². The number of aromatic hydroxyl groups is 1. The topological polar surface area (TPSA) is 130 Å². The quantitative estimate of drug-likeness (QED) is 0.413. The number of aryl methyl sites for hydroxylation is 1. The van der Waals surface area contributed by atoms with E-state index >= 15 is 0 Å². The summed E-state index contributed by atoms with van der Waals surface area (Å²) in [6.07, 6.45) is 0. The number of phenolic OH excluding ortho intramolecular Hbond substituents is 1. The summed E-state index contributed by atoms with van der Waals surface area (Å²) < 4.78 is 32.5. The van der Waals surface area contributed by atoms with Crippen LogP contribution in [0.3, 0.4) is 0 Å². The van der Waals surface area contributed by atoms with Crippen molar-refractivity contribution >= 4 is 38.2 Å². The van der Waals surface area contributed by atoms with E-state index in [2.05, 4.69) is 5.32 Å². The highest BCUT2D eigenvalue weighted by atomic mass is 32.2. The zero-order valence-corrected chi connectivity index (χ0v) is 14.5. The molecule has 0 aliphatic rings. The van der Waals surface area contributed by atoms with E-state index in [0.717, 1.165) is 11.6 Å². The molecule has 0 saturated heterocycles. The second-order valence-corrected chi connectivity index (χ2v) is 7.22. The lowest BCUT2D eigenvalue weighted by Gasteiger charge is -2.13. The van der Waals surface area contributed by atoms with Gasteiger partial charge < -0.3 is 16.2 Å². The van der Waals surface area contributed by atoms with Gasteiger partial charge in [0.2, 0.25) is 0 Å². The number of carbonyl (C=O) groups is 1. The first-order valence-corrected chi connectivity index (χ1v) is 9.02. The lowest BCUT2D eigenvalue weighted by molar-refractivity contribution is 0.102. The maximum atomic E-state index is 12.5. The zero-order valence-electron chi connectivity index (χ0n) is 13.7. The van der Waals surface area contributed by atoms with E-state index in [4.69, 9.17) is 5.73 Å². The van der Waals surface area contributed by atoms with Crippen molar-refractivity contribution in [2.75, 3.05) is 11.1 Å². The summed E-state index contributed by atoms with van der Waals surface area (Å²) in [5.74, 6) is -0.812. The van der Waals surface area contributed by atoms with Gasteiger partial charge in [-0.15, -0.1) is 0 Å². The first kappa shape index (κ1) is 17.7. The number of nitrogens with one attached hydrogen (secondary N) is 1. The molecule has 8 heteroatoms. The molecular formula is C18H16N2O5S. The average Bonchev–Trinajstić information content (AvgIpc) is 2.54. The fourth-order valence-corrected chi connectivity index (χ4v) is 3.47. The molecule has 0 heterocycles. The Bertz CT molecular complexity index is 1140. The Kier molecular flexibility index (Phi) is 4.31. The minimum Gasteiger partial charge on any atom is -0.507 e. The first-order chi connectivity index (χ1) is 12.2. The Hall–Kier alpha value is -3.10. The van der Waals surface area contributed by atoms with Crippen LogP contribution in [0.5, 0.6) is 5.75 Å². The van der Waals surface area contributed by atoms with Gasteiger partial charge in [0.1, 0.15) is 10.6 Å². The van der Waals surface area contributed by atoms with Crippen molar-refractivity contribution in [1.29, 1.82) is 0 Å². The van der Waals surface area contributed by atoms with Gasteiger partial charge in [-0.2, -0.15) is 8.42 Å². The van der Waals surface area contributed by atoms with Crippen LogP contribution >= 0.6 is 0 Å². The fourth-order valence-electron chi connectivity index (χ4n) is 2.76. The molecule has 0 aliphatic heterocycles. The standard InChI is InChI=1S/C18H16N2O5S/c1-10-5-6-11(13(19)9-10)18(22)20-14-7-8-16(26(23,24)25)17-12(14)3-2-4-15(17)21/h2-9,21H,19H2,1H3,(H,20,22)(H,23,24,25). The predicted molar refractivity (Wildman–Crippen MR) is 99.0 cm³/mol. The summed E-state index contributed by atoms with van der Waals surface area (Å²) in [5.41, 5.74) is 7.64. The second-order valence-electron chi connectivity index (χ2n) is 5.83. The number of hydrogen-bond acceptors (Lipinski definition) is 5. The number of hydrogen-bond donors (Lipinski definition) is 4. The van der Waals surface area contributed by atoms with E-state index < -0.39 is 20.9 Å². The van der Waals surface area contributed by atoms with Crippen molar-refractivity contribution in [2.45, 2.75) is 11.8 Å². The number of benzene rings is 3. The van der Waals surface area contributed by atoms with Crippen molar-refractivity contribution in [3.8, 4) is 5.75 Å². The van der Waals surface area contributed by atoms with Gasteiger partial charge in [-0.1, -0.05) is 18.2 Å². The first-order valence-electron chi connectivity index (χ1n) is 7.58. The van der Waals surface area contributed by atoms with Crippen molar-refractivity contribution < 1.29 is 22.9 Å². The third kappa shape index (κ3) is 3.19. The molecule has 0 atom stereocenters. The highest BCUT2D eigenvalue weighted by Crippen LogP contribution is 2.35. The molecule has 134 valence electrons. The lowest BCUT2D eigenvalue weighted by Crippen LogP contribution is -2.14. The maximum Gasteiger partial charge on any atom is 0.295 e. The largest absolute Gasteiger partial charge is 0.507 e. The van der Waals surface area contributed by atoms with Gasteiger partial charge in [0.25, 0.3) is 16.0 Å². The molecule has 26 heavy (non-hydrogen) atoms. The van der Waals surface area contributed by atoms with Crippen LogP contribution in [0.4, 0.5) is 11.4 Å². The van der Waals surface area contributed by atoms with Crippen LogP contribution in [-0.2, 0) is 10.1 Å². The number of nitrogen functional groups attached to an aromatic ring is 1. The number of carbonyl (C=O) groups excluding carboxylic acids is 1. The number of phenols is 1. The highest BCUT2D eigenvalue weighted by molar-refractivity contribution is 7.86. The summed E-state index contributed by atoms with van der Waals surface area (Å²) in [6.45, 7) is 1.85. The number of anilines is 2. The third-order valence-corrected chi connectivity index (χ3v) is 4.85. The smallest absolute Gasteiger partial charge is 0.295 e. The summed E-state index contributed by atoms with van der Waals surface area (Å²) in [4.78, 5) is 12.1. The SMILES string of the molecule is Cc1ccc(C(=O)Nc2ccc(S(=O)(=O)O)c3c(O)cccc23)c(N)c1. The summed E-state index contributed by atoms with van der Waals surface area (Å²) in [7, 11) is -4.55. The molecule has 3 aromatic rings. The fraction of sp³-hybridized carbons (Fsp3) is 0.0556. The molecule has 0 unspecified atom stereocenters. The molecule has 3 aromatic carbocycles. The molecule has 1 amide bonds. The van der Waals surface area contributed by atoms with Gasteiger partial charge in [-0.05, 0) is 42.8 Å².